The van der Waals surface area contributed by atoms with Crippen molar-refractivity contribution in [3.8, 4) is 0 Å². The van der Waals surface area contributed by atoms with Crippen molar-refractivity contribution < 1.29 is 9.09 Å². The molecule has 0 aromatic heterocycles. The van der Waals surface area contributed by atoms with Crippen molar-refractivity contribution in [2.75, 3.05) is 0 Å². The van der Waals surface area contributed by atoms with E-state index in [1.807, 2.05) is 6.07 Å². The molecular formula is C14H18FN2+. The van der Waals surface area contributed by atoms with Gasteiger partial charge in [0, 0.05) is 12.8 Å². The second kappa shape index (κ2) is 3.37. The van der Waals surface area contributed by atoms with E-state index in [-0.39, 0.29) is 11.2 Å². The van der Waals surface area contributed by atoms with Crippen molar-refractivity contribution in [2.45, 2.75) is 51.6 Å². The first-order valence-corrected chi connectivity index (χ1v) is 6.27. The van der Waals surface area contributed by atoms with E-state index < -0.39 is 0 Å². The van der Waals surface area contributed by atoms with E-state index in [1.165, 1.54) is 18.4 Å². The topological polar surface area (TPSA) is 15.4 Å². The predicted molar refractivity (Wildman–Crippen MR) is 64.2 cm³/mol. The fourth-order valence-corrected chi connectivity index (χ4v) is 2.55. The molecule has 1 heterocycles. The molecule has 0 N–H and O–H groups in total. The highest BCUT2D eigenvalue weighted by Gasteiger charge is 2.44. The zero-order valence-electron chi connectivity index (χ0n) is 10.6. The highest BCUT2D eigenvalue weighted by atomic mass is 19.1. The Morgan fingerprint density at radius 3 is 2.59 bits per heavy atom. The average molecular weight is 233 g/mol. The van der Waals surface area contributed by atoms with Gasteiger partial charge in [-0.3, -0.25) is 0 Å². The van der Waals surface area contributed by atoms with Gasteiger partial charge in [0.1, 0.15) is 12.4 Å². The molecule has 1 aromatic rings. The van der Waals surface area contributed by atoms with E-state index in [4.69, 9.17) is 0 Å². The van der Waals surface area contributed by atoms with Crippen molar-refractivity contribution in [1.29, 1.82) is 0 Å². The van der Waals surface area contributed by atoms with Crippen LogP contribution in [0.15, 0.2) is 17.2 Å². The van der Waals surface area contributed by atoms with Crippen molar-refractivity contribution in [3.63, 3.8) is 0 Å². The lowest BCUT2D eigenvalue weighted by molar-refractivity contribution is -0.523. The van der Waals surface area contributed by atoms with Crippen LogP contribution in [0.25, 0.3) is 0 Å². The molecule has 0 atom stereocenters. The van der Waals surface area contributed by atoms with Crippen LogP contribution in [0.3, 0.4) is 0 Å². The zero-order valence-corrected chi connectivity index (χ0v) is 10.6. The number of nitrogens with zero attached hydrogens (tertiary/aromatic N) is 2. The molecule has 0 bridgehead atoms. The Morgan fingerprint density at radius 2 is 2.00 bits per heavy atom. The molecule has 0 unspecified atom stereocenters. The normalized spacial score (nSPS) is 19.2. The third-order valence-corrected chi connectivity index (χ3v) is 3.48. The first-order valence-electron chi connectivity index (χ1n) is 6.27. The lowest BCUT2D eigenvalue weighted by Crippen LogP contribution is -2.18. The average Bonchev–Trinajstić information content (AvgIpc) is 2.97. The van der Waals surface area contributed by atoms with Gasteiger partial charge >= 0.3 is 0 Å². The van der Waals surface area contributed by atoms with Crippen LogP contribution in [0.4, 0.5) is 10.1 Å². The molecule has 3 heteroatoms. The molecule has 1 fully saturated rings. The second-order valence-corrected chi connectivity index (χ2v) is 6.06. The molecule has 0 spiro atoms. The van der Waals surface area contributed by atoms with Crippen LogP contribution in [0.1, 0.15) is 44.7 Å². The fraction of sp³-hybridized carbons (Fsp3) is 0.571. The molecule has 2 nitrogen and oxygen atoms in total. The highest BCUT2D eigenvalue weighted by Crippen LogP contribution is 2.43. The molecule has 1 saturated carbocycles. The number of benzene rings is 1. The van der Waals surface area contributed by atoms with E-state index in [0.717, 1.165) is 11.3 Å². The molecule has 1 aromatic carbocycles. The minimum Gasteiger partial charge on any atom is -0.206 e. The molecular weight excluding hydrogens is 215 g/mol. The van der Waals surface area contributed by atoms with Gasteiger partial charge < -0.3 is 0 Å². The molecule has 3 rings (SSSR count). The van der Waals surface area contributed by atoms with Crippen LogP contribution in [0.5, 0.6) is 0 Å². The van der Waals surface area contributed by atoms with Crippen molar-refractivity contribution in [3.05, 3.63) is 29.1 Å². The molecule has 1 aliphatic carbocycles. The Morgan fingerprint density at radius 1 is 1.29 bits per heavy atom. The van der Waals surface area contributed by atoms with Gasteiger partial charge in [-0.2, -0.15) is 0 Å². The van der Waals surface area contributed by atoms with Gasteiger partial charge in [0.2, 0.25) is 5.69 Å². The minimum absolute atomic E-state index is 0.0981. The van der Waals surface area contributed by atoms with E-state index in [9.17, 15) is 4.39 Å². The Kier molecular flexibility index (Phi) is 2.16. The van der Waals surface area contributed by atoms with Gasteiger partial charge in [-0.25, -0.2) is 4.39 Å². The Labute approximate surface area is 101 Å². The van der Waals surface area contributed by atoms with Crippen LogP contribution in [-0.4, -0.2) is 10.7 Å². The van der Waals surface area contributed by atoms with Gasteiger partial charge in [0.05, 0.1) is 11.1 Å². The summed E-state index contributed by atoms with van der Waals surface area (Å²) in [5.41, 5.74) is 2.86. The monoisotopic (exact) mass is 233 g/mol. The molecule has 0 radical (unpaired) electrons. The SMILES string of the molecule is CC(C)(C)c1c(F)ccc2c1[N+](C1CC1)=NC2. The smallest absolute Gasteiger partial charge is 0.206 e. The molecule has 17 heavy (non-hydrogen) atoms. The van der Waals surface area contributed by atoms with Crippen LogP contribution in [0.2, 0.25) is 0 Å². The van der Waals surface area contributed by atoms with Crippen LogP contribution in [0, 0.1) is 5.82 Å². The summed E-state index contributed by atoms with van der Waals surface area (Å²) in [6, 6.07) is 3.98. The number of azo groups is 2. The van der Waals surface area contributed by atoms with Gasteiger partial charge in [-0.05, 0) is 22.7 Å². The maximum absolute atomic E-state index is 14.1. The zero-order chi connectivity index (χ0) is 12.2. The van der Waals surface area contributed by atoms with Crippen molar-refractivity contribution >= 4 is 5.69 Å². The van der Waals surface area contributed by atoms with E-state index >= 15 is 0 Å². The third kappa shape index (κ3) is 1.68. The highest BCUT2D eigenvalue weighted by molar-refractivity contribution is 5.52. The maximum atomic E-state index is 14.1. The molecule has 1 aliphatic heterocycles. The fourth-order valence-electron chi connectivity index (χ4n) is 2.55. The van der Waals surface area contributed by atoms with E-state index in [1.54, 1.807) is 6.07 Å². The molecule has 0 saturated heterocycles. The van der Waals surface area contributed by atoms with E-state index in [2.05, 4.69) is 30.6 Å². The first-order chi connectivity index (χ1) is 7.98. The first kappa shape index (κ1) is 10.9. The number of halogens is 1. The largest absolute Gasteiger partial charge is 0.243 e. The minimum atomic E-state index is -0.178. The number of rotatable bonds is 1. The summed E-state index contributed by atoms with van der Waals surface area (Å²) < 4.78 is 16.2. The van der Waals surface area contributed by atoms with Gasteiger partial charge in [-0.15, -0.1) is 0 Å². The summed E-state index contributed by atoms with van der Waals surface area (Å²) >= 11 is 0. The van der Waals surface area contributed by atoms with Crippen molar-refractivity contribution in [1.82, 2.24) is 0 Å². The van der Waals surface area contributed by atoms with Crippen LogP contribution < -0.4 is 0 Å². The number of fused-ring (bicyclic) bond motifs is 1. The summed E-state index contributed by atoms with van der Waals surface area (Å²) in [4.78, 5) is 0. The third-order valence-electron chi connectivity index (χ3n) is 3.48. The molecule has 90 valence electrons. The van der Waals surface area contributed by atoms with Crippen LogP contribution >= 0.6 is 0 Å². The maximum Gasteiger partial charge on any atom is 0.243 e. The standard InChI is InChI=1S/C14H18FN2/c1-14(2,3)12-11(15)7-4-9-8-16-17(13(9)12)10-5-6-10/h4,7,10H,5-6,8H2,1-3H3/q+1. The summed E-state index contributed by atoms with van der Waals surface area (Å²) in [5, 5.41) is 4.55. The van der Waals surface area contributed by atoms with E-state index in [0.29, 0.717) is 12.6 Å². The number of hydrogen-bond donors (Lipinski definition) is 0. The summed E-state index contributed by atoms with van der Waals surface area (Å²) in [5.74, 6) is -0.0981. The Bertz CT molecular complexity index is 508. The van der Waals surface area contributed by atoms with Gasteiger partial charge in [0.25, 0.3) is 0 Å². The summed E-state index contributed by atoms with van der Waals surface area (Å²) in [6.07, 6.45) is 2.37. The van der Waals surface area contributed by atoms with Gasteiger partial charge in [0.15, 0.2) is 6.04 Å². The summed E-state index contributed by atoms with van der Waals surface area (Å²) in [6.45, 7) is 6.90. The lowest BCUT2D eigenvalue weighted by Gasteiger charge is -2.20. The second-order valence-electron chi connectivity index (χ2n) is 6.06. The predicted octanol–water partition coefficient (Wildman–Crippen LogP) is 3.90. The molecule has 2 aliphatic rings. The van der Waals surface area contributed by atoms with Crippen molar-refractivity contribution in [2.24, 2.45) is 5.11 Å². The van der Waals surface area contributed by atoms with Gasteiger partial charge in [-0.1, -0.05) is 25.5 Å². The Hall–Kier alpha value is -1.25. The summed E-state index contributed by atoms with van der Waals surface area (Å²) in [7, 11) is 0. The van der Waals surface area contributed by atoms with Crippen LogP contribution in [-0.2, 0) is 12.0 Å². The quantitative estimate of drug-likeness (QED) is 0.654. The molecule has 0 amide bonds. The lowest BCUT2D eigenvalue weighted by atomic mass is 9.84. The number of hydrogen-bond acceptors (Lipinski definition) is 1. The Balaban J connectivity index is 2.21.